The molecule has 118 valence electrons. The Balaban J connectivity index is 1.96. The maximum atomic E-state index is 12.5. The fraction of sp³-hybridized carbons (Fsp3) is 1.00. The van der Waals surface area contributed by atoms with E-state index in [4.69, 9.17) is 5.73 Å². The van der Waals surface area contributed by atoms with Crippen LogP contribution >= 0.6 is 0 Å². The smallest absolute Gasteiger partial charge is 0.279 e. The molecule has 0 aromatic carbocycles. The second-order valence-electron chi connectivity index (χ2n) is 6.84. The van der Waals surface area contributed by atoms with Crippen molar-refractivity contribution >= 4 is 10.2 Å². The Morgan fingerprint density at radius 3 is 2.45 bits per heavy atom. The van der Waals surface area contributed by atoms with Crippen molar-refractivity contribution in [2.45, 2.75) is 52.0 Å². The van der Waals surface area contributed by atoms with Crippen molar-refractivity contribution in [2.75, 3.05) is 19.6 Å². The van der Waals surface area contributed by atoms with Gasteiger partial charge in [-0.3, -0.25) is 0 Å². The van der Waals surface area contributed by atoms with Crippen molar-refractivity contribution < 1.29 is 8.42 Å². The molecule has 5 nitrogen and oxygen atoms in total. The van der Waals surface area contributed by atoms with Crippen molar-refractivity contribution in [1.29, 1.82) is 0 Å². The molecule has 3 unspecified atom stereocenters. The van der Waals surface area contributed by atoms with Gasteiger partial charge in [0, 0.05) is 19.1 Å². The summed E-state index contributed by atoms with van der Waals surface area (Å²) < 4.78 is 29.5. The Hall–Kier alpha value is -0.170. The third-order valence-electron chi connectivity index (χ3n) is 4.65. The summed E-state index contributed by atoms with van der Waals surface area (Å²) in [5.41, 5.74) is 5.69. The number of nitrogens with one attached hydrogen (secondary N) is 1. The maximum Gasteiger partial charge on any atom is 0.279 e. The quantitative estimate of drug-likeness (QED) is 0.822. The highest BCUT2D eigenvalue weighted by Gasteiger charge is 2.32. The zero-order chi connectivity index (χ0) is 14.8. The molecule has 1 aliphatic carbocycles. The van der Waals surface area contributed by atoms with Gasteiger partial charge in [-0.05, 0) is 56.4 Å². The summed E-state index contributed by atoms with van der Waals surface area (Å²) in [6.07, 6.45) is 5.08. The molecule has 3 N–H and O–H groups in total. The number of hydrogen-bond donors (Lipinski definition) is 2. The highest BCUT2D eigenvalue weighted by molar-refractivity contribution is 7.87. The van der Waals surface area contributed by atoms with Crippen molar-refractivity contribution in [1.82, 2.24) is 9.03 Å². The van der Waals surface area contributed by atoms with Gasteiger partial charge in [0.1, 0.15) is 0 Å². The standard InChI is InChI=1S/C14H29N3O2S/c1-11-6-12(2)8-14(7-11)16-20(18,19)17-5-3-4-13(9-15)10-17/h11-14,16H,3-10,15H2,1-2H3. The third kappa shape index (κ3) is 4.16. The first-order valence-corrected chi connectivity index (χ1v) is 9.32. The Morgan fingerprint density at radius 2 is 1.85 bits per heavy atom. The predicted molar refractivity (Wildman–Crippen MR) is 81.4 cm³/mol. The van der Waals surface area contributed by atoms with E-state index in [2.05, 4.69) is 18.6 Å². The summed E-state index contributed by atoms with van der Waals surface area (Å²) >= 11 is 0. The van der Waals surface area contributed by atoms with Crippen molar-refractivity contribution in [3.63, 3.8) is 0 Å². The van der Waals surface area contributed by atoms with Crippen LogP contribution in [0.15, 0.2) is 0 Å². The number of hydrogen-bond acceptors (Lipinski definition) is 3. The number of rotatable bonds is 4. The molecular weight excluding hydrogens is 274 g/mol. The molecule has 0 spiro atoms. The van der Waals surface area contributed by atoms with Crippen LogP contribution in [-0.4, -0.2) is 38.4 Å². The molecule has 1 saturated heterocycles. The maximum absolute atomic E-state index is 12.5. The third-order valence-corrected chi connectivity index (χ3v) is 6.29. The van der Waals surface area contributed by atoms with Gasteiger partial charge in [-0.15, -0.1) is 0 Å². The first-order chi connectivity index (χ1) is 9.40. The van der Waals surface area contributed by atoms with Crippen LogP contribution in [0, 0.1) is 17.8 Å². The van der Waals surface area contributed by atoms with Crippen molar-refractivity contribution in [3.8, 4) is 0 Å². The molecule has 1 saturated carbocycles. The average Bonchev–Trinajstić information content (AvgIpc) is 2.37. The second kappa shape index (κ2) is 6.73. The average molecular weight is 303 g/mol. The molecule has 3 atom stereocenters. The molecule has 1 aliphatic heterocycles. The highest BCUT2D eigenvalue weighted by Crippen LogP contribution is 2.29. The van der Waals surface area contributed by atoms with E-state index in [1.54, 1.807) is 4.31 Å². The van der Waals surface area contributed by atoms with Gasteiger partial charge in [0.05, 0.1) is 0 Å². The van der Waals surface area contributed by atoms with Crippen LogP contribution in [0.5, 0.6) is 0 Å². The predicted octanol–water partition coefficient (Wildman–Crippen LogP) is 1.32. The molecule has 0 amide bonds. The van der Waals surface area contributed by atoms with E-state index < -0.39 is 10.2 Å². The van der Waals surface area contributed by atoms with Crippen LogP contribution in [-0.2, 0) is 10.2 Å². The monoisotopic (exact) mass is 303 g/mol. The van der Waals surface area contributed by atoms with Crippen molar-refractivity contribution in [2.24, 2.45) is 23.5 Å². The van der Waals surface area contributed by atoms with E-state index in [1.807, 2.05) is 0 Å². The van der Waals surface area contributed by atoms with Crippen LogP contribution < -0.4 is 10.5 Å². The van der Waals surface area contributed by atoms with Crippen LogP contribution in [0.3, 0.4) is 0 Å². The zero-order valence-electron chi connectivity index (χ0n) is 12.7. The van der Waals surface area contributed by atoms with Gasteiger partial charge in [-0.1, -0.05) is 13.8 Å². The van der Waals surface area contributed by atoms with Crippen LogP contribution in [0.1, 0.15) is 46.0 Å². The largest absolute Gasteiger partial charge is 0.330 e. The molecule has 6 heteroatoms. The molecule has 0 bridgehead atoms. The summed E-state index contributed by atoms with van der Waals surface area (Å²) in [5.74, 6) is 1.51. The molecule has 0 aromatic rings. The van der Waals surface area contributed by atoms with Gasteiger partial charge in [0.2, 0.25) is 0 Å². The van der Waals surface area contributed by atoms with Gasteiger partial charge in [-0.2, -0.15) is 17.4 Å². The molecule has 2 rings (SSSR count). The van der Waals surface area contributed by atoms with Gasteiger partial charge in [0.25, 0.3) is 10.2 Å². The first kappa shape index (κ1) is 16.2. The molecule has 2 aliphatic rings. The minimum Gasteiger partial charge on any atom is -0.330 e. The van der Waals surface area contributed by atoms with E-state index >= 15 is 0 Å². The van der Waals surface area contributed by atoms with Gasteiger partial charge in [-0.25, -0.2) is 0 Å². The van der Waals surface area contributed by atoms with E-state index in [0.717, 1.165) is 25.7 Å². The minimum atomic E-state index is -3.35. The summed E-state index contributed by atoms with van der Waals surface area (Å²) in [5, 5.41) is 0. The van der Waals surface area contributed by atoms with Gasteiger partial charge < -0.3 is 5.73 Å². The molecule has 1 heterocycles. The number of nitrogens with two attached hydrogens (primary N) is 1. The molecule has 20 heavy (non-hydrogen) atoms. The molecule has 2 fully saturated rings. The minimum absolute atomic E-state index is 0.0944. The van der Waals surface area contributed by atoms with E-state index in [9.17, 15) is 8.42 Å². The topological polar surface area (TPSA) is 75.4 Å². The Kier molecular flexibility index (Phi) is 5.45. The fourth-order valence-corrected chi connectivity index (χ4v) is 5.31. The Labute approximate surface area is 123 Å². The van der Waals surface area contributed by atoms with Crippen LogP contribution in [0.2, 0.25) is 0 Å². The van der Waals surface area contributed by atoms with E-state index in [-0.39, 0.29) is 6.04 Å². The second-order valence-corrected chi connectivity index (χ2v) is 8.54. The highest BCUT2D eigenvalue weighted by atomic mass is 32.2. The van der Waals surface area contributed by atoms with Crippen LogP contribution in [0.25, 0.3) is 0 Å². The van der Waals surface area contributed by atoms with Crippen LogP contribution in [0.4, 0.5) is 0 Å². The summed E-state index contributed by atoms with van der Waals surface area (Å²) in [6.45, 7) is 6.20. The Morgan fingerprint density at radius 1 is 1.20 bits per heavy atom. The Bertz CT molecular complexity index is 403. The lowest BCUT2D eigenvalue weighted by atomic mass is 9.81. The van der Waals surface area contributed by atoms with E-state index in [0.29, 0.717) is 37.4 Å². The number of nitrogens with zero attached hydrogens (tertiary/aromatic N) is 1. The molecule has 0 aromatic heterocycles. The molecule has 0 radical (unpaired) electrons. The SMILES string of the molecule is CC1CC(C)CC(NS(=O)(=O)N2CCCC(CN)C2)C1. The van der Waals surface area contributed by atoms with E-state index in [1.165, 1.54) is 6.42 Å². The number of piperidine rings is 1. The summed E-state index contributed by atoms with van der Waals surface area (Å²) in [7, 11) is -3.35. The summed E-state index contributed by atoms with van der Waals surface area (Å²) in [4.78, 5) is 0. The van der Waals surface area contributed by atoms with Gasteiger partial charge in [0.15, 0.2) is 0 Å². The molecular formula is C14H29N3O2S. The summed E-state index contributed by atoms with van der Waals surface area (Å²) in [6, 6.07) is 0.0944. The lowest BCUT2D eigenvalue weighted by Crippen LogP contribution is -2.51. The fourth-order valence-electron chi connectivity index (χ4n) is 3.77. The normalized spacial score (nSPS) is 37.0. The zero-order valence-corrected chi connectivity index (χ0v) is 13.5. The van der Waals surface area contributed by atoms with Crippen molar-refractivity contribution in [3.05, 3.63) is 0 Å². The lowest BCUT2D eigenvalue weighted by molar-refractivity contribution is 0.242. The first-order valence-electron chi connectivity index (χ1n) is 7.88. The lowest BCUT2D eigenvalue weighted by Gasteiger charge is -2.35. The van der Waals surface area contributed by atoms with Gasteiger partial charge >= 0.3 is 0 Å².